The van der Waals surface area contributed by atoms with E-state index in [0.717, 1.165) is 17.3 Å². The minimum Gasteiger partial charge on any atom is -0.395 e. The first-order chi connectivity index (χ1) is 6.18. The van der Waals surface area contributed by atoms with Crippen LogP contribution in [-0.4, -0.2) is 11.7 Å². The summed E-state index contributed by atoms with van der Waals surface area (Å²) in [5.74, 6) is -0.213. The van der Waals surface area contributed by atoms with Crippen LogP contribution in [0, 0.1) is 5.82 Å². The van der Waals surface area contributed by atoms with Gasteiger partial charge in [0.2, 0.25) is 0 Å². The Kier molecular flexibility index (Phi) is 2.16. The van der Waals surface area contributed by atoms with E-state index in [1.54, 1.807) is 12.1 Å². The molecule has 3 heteroatoms. The Morgan fingerprint density at radius 1 is 1.46 bits per heavy atom. The van der Waals surface area contributed by atoms with Crippen molar-refractivity contribution in [1.29, 1.82) is 0 Å². The lowest BCUT2D eigenvalue weighted by Gasteiger charge is -2.13. The molecular formula is C10H10BrFO. The molecule has 2 rings (SSSR count). The highest BCUT2D eigenvalue weighted by molar-refractivity contribution is 9.10. The van der Waals surface area contributed by atoms with E-state index in [0.29, 0.717) is 5.56 Å². The minimum absolute atomic E-state index is 0.0420. The molecule has 0 bridgehead atoms. The van der Waals surface area contributed by atoms with Crippen molar-refractivity contribution in [3.05, 3.63) is 34.1 Å². The van der Waals surface area contributed by atoms with Gasteiger partial charge >= 0.3 is 0 Å². The number of benzene rings is 1. The van der Waals surface area contributed by atoms with Crippen LogP contribution in [0.15, 0.2) is 22.7 Å². The molecule has 0 amide bonds. The summed E-state index contributed by atoms with van der Waals surface area (Å²) in [6.07, 6.45) is 1.77. The summed E-state index contributed by atoms with van der Waals surface area (Å²) < 4.78 is 14.2. The van der Waals surface area contributed by atoms with E-state index in [9.17, 15) is 4.39 Å². The Hall–Kier alpha value is -0.410. The molecule has 1 fully saturated rings. The second-order valence-corrected chi connectivity index (χ2v) is 4.48. The van der Waals surface area contributed by atoms with Gasteiger partial charge in [-0.2, -0.15) is 0 Å². The summed E-state index contributed by atoms with van der Waals surface area (Å²) in [7, 11) is 0. The third-order valence-corrected chi connectivity index (χ3v) is 3.15. The van der Waals surface area contributed by atoms with Gasteiger partial charge in [-0.05, 0) is 36.6 Å². The van der Waals surface area contributed by atoms with Crippen molar-refractivity contribution >= 4 is 15.9 Å². The van der Waals surface area contributed by atoms with Crippen LogP contribution in [0.2, 0.25) is 0 Å². The molecule has 1 aliphatic rings. The fourth-order valence-electron chi connectivity index (χ4n) is 1.57. The lowest BCUT2D eigenvalue weighted by Crippen LogP contribution is -2.13. The van der Waals surface area contributed by atoms with Crippen molar-refractivity contribution in [3.8, 4) is 0 Å². The standard InChI is InChI=1S/C10H10BrFO/c11-7-1-2-9(12)8(5-7)10(6-13)3-4-10/h1-2,5,13H,3-4,6H2. The normalized spacial score (nSPS) is 18.7. The van der Waals surface area contributed by atoms with Gasteiger partial charge in [0.15, 0.2) is 0 Å². The number of hydrogen-bond donors (Lipinski definition) is 1. The predicted molar refractivity (Wildman–Crippen MR) is 52.1 cm³/mol. The summed E-state index contributed by atoms with van der Waals surface area (Å²) in [6, 6.07) is 4.87. The minimum atomic E-state index is -0.284. The Morgan fingerprint density at radius 3 is 2.69 bits per heavy atom. The first kappa shape index (κ1) is 9.16. The molecule has 70 valence electrons. The fourth-order valence-corrected chi connectivity index (χ4v) is 1.93. The average Bonchev–Trinajstić information content (AvgIpc) is 2.90. The van der Waals surface area contributed by atoms with Gasteiger partial charge in [-0.3, -0.25) is 0 Å². The topological polar surface area (TPSA) is 20.2 Å². The summed E-state index contributed by atoms with van der Waals surface area (Å²) in [6.45, 7) is 0.0420. The molecule has 0 radical (unpaired) electrons. The summed E-state index contributed by atoms with van der Waals surface area (Å²) in [5.41, 5.74) is 0.359. The van der Waals surface area contributed by atoms with Gasteiger partial charge in [-0.15, -0.1) is 0 Å². The highest BCUT2D eigenvalue weighted by Gasteiger charge is 2.45. The number of aliphatic hydroxyl groups excluding tert-OH is 1. The maximum atomic E-state index is 13.4. The Labute approximate surface area is 84.7 Å². The molecule has 1 nitrogen and oxygen atoms in total. The van der Waals surface area contributed by atoms with Crippen LogP contribution < -0.4 is 0 Å². The Morgan fingerprint density at radius 2 is 2.15 bits per heavy atom. The second-order valence-electron chi connectivity index (χ2n) is 3.56. The van der Waals surface area contributed by atoms with E-state index in [-0.39, 0.29) is 17.8 Å². The molecular weight excluding hydrogens is 235 g/mol. The molecule has 1 aromatic carbocycles. The van der Waals surface area contributed by atoms with Crippen LogP contribution in [0.3, 0.4) is 0 Å². The molecule has 1 aliphatic carbocycles. The lowest BCUT2D eigenvalue weighted by atomic mass is 9.97. The molecule has 0 aromatic heterocycles. The number of aliphatic hydroxyl groups is 1. The third kappa shape index (κ3) is 1.51. The number of halogens is 2. The SMILES string of the molecule is OCC1(c2cc(Br)ccc2F)CC1. The molecule has 13 heavy (non-hydrogen) atoms. The van der Waals surface area contributed by atoms with E-state index in [2.05, 4.69) is 15.9 Å². The maximum absolute atomic E-state index is 13.4. The van der Waals surface area contributed by atoms with Gasteiger partial charge < -0.3 is 5.11 Å². The quantitative estimate of drug-likeness (QED) is 0.849. The van der Waals surface area contributed by atoms with Crippen LogP contribution >= 0.6 is 15.9 Å². The highest BCUT2D eigenvalue weighted by atomic mass is 79.9. The van der Waals surface area contributed by atoms with E-state index >= 15 is 0 Å². The first-order valence-corrected chi connectivity index (χ1v) is 5.04. The van der Waals surface area contributed by atoms with E-state index in [4.69, 9.17) is 5.11 Å². The largest absolute Gasteiger partial charge is 0.395 e. The van der Waals surface area contributed by atoms with Crippen molar-refractivity contribution in [2.45, 2.75) is 18.3 Å². The van der Waals surface area contributed by atoms with Gasteiger partial charge in [-0.25, -0.2) is 4.39 Å². The smallest absolute Gasteiger partial charge is 0.127 e. The van der Waals surface area contributed by atoms with Crippen molar-refractivity contribution in [2.24, 2.45) is 0 Å². The summed E-state index contributed by atoms with van der Waals surface area (Å²) >= 11 is 3.30. The number of rotatable bonds is 2. The van der Waals surface area contributed by atoms with Crippen molar-refractivity contribution < 1.29 is 9.50 Å². The molecule has 1 aromatic rings. The zero-order valence-electron chi connectivity index (χ0n) is 7.06. The van der Waals surface area contributed by atoms with Gasteiger partial charge in [-0.1, -0.05) is 15.9 Å². The summed E-state index contributed by atoms with van der Waals surface area (Å²) in [4.78, 5) is 0. The molecule has 0 unspecified atom stereocenters. The van der Waals surface area contributed by atoms with Crippen molar-refractivity contribution in [2.75, 3.05) is 6.61 Å². The third-order valence-electron chi connectivity index (χ3n) is 2.66. The lowest BCUT2D eigenvalue weighted by molar-refractivity contribution is 0.252. The second kappa shape index (κ2) is 3.07. The van der Waals surface area contributed by atoms with Crippen LogP contribution in [-0.2, 0) is 5.41 Å². The Bertz CT molecular complexity index is 334. The van der Waals surface area contributed by atoms with E-state index in [1.165, 1.54) is 6.07 Å². The highest BCUT2D eigenvalue weighted by Crippen LogP contribution is 2.48. The molecule has 0 aliphatic heterocycles. The molecule has 1 N–H and O–H groups in total. The zero-order valence-corrected chi connectivity index (χ0v) is 8.64. The summed E-state index contributed by atoms with van der Waals surface area (Å²) in [5, 5.41) is 9.14. The predicted octanol–water partition coefficient (Wildman–Crippen LogP) is 2.61. The maximum Gasteiger partial charge on any atom is 0.127 e. The monoisotopic (exact) mass is 244 g/mol. The van der Waals surface area contributed by atoms with E-state index < -0.39 is 0 Å². The average molecular weight is 245 g/mol. The van der Waals surface area contributed by atoms with Crippen LogP contribution in [0.5, 0.6) is 0 Å². The van der Waals surface area contributed by atoms with Gasteiger partial charge in [0.05, 0.1) is 6.61 Å². The van der Waals surface area contributed by atoms with Crippen molar-refractivity contribution in [3.63, 3.8) is 0 Å². The van der Waals surface area contributed by atoms with Crippen LogP contribution in [0.25, 0.3) is 0 Å². The fraction of sp³-hybridized carbons (Fsp3) is 0.400. The van der Waals surface area contributed by atoms with Gasteiger partial charge in [0, 0.05) is 9.89 Å². The molecule has 0 atom stereocenters. The first-order valence-electron chi connectivity index (χ1n) is 4.24. The van der Waals surface area contributed by atoms with Gasteiger partial charge in [0.1, 0.15) is 5.82 Å². The van der Waals surface area contributed by atoms with E-state index in [1.807, 2.05) is 0 Å². The molecule has 0 spiro atoms. The molecule has 0 saturated heterocycles. The Balaban J connectivity index is 2.44. The zero-order chi connectivity index (χ0) is 9.47. The molecule has 0 heterocycles. The number of hydrogen-bond acceptors (Lipinski definition) is 1. The van der Waals surface area contributed by atoms with Crippen molar-refractivity contribution in [1.82, 2.24) is 0 Å². The van der Waals surface area contributed by atoms with Crippen LogP contribution in [0.1, 0.15) is 18.4 Å². The molecule has 1 saturated carbocycles. The van der Waals surface area contributed by atoms with Gasteiger partial charge in [0.25, 0.3) is 0 Å². The van der Waals surface area contributed by atoms with Crippen LogP contribution in [0.4, 0.5) is 4.39 Å².